The molecule has 1 amide bonds. The predicted octanol–water partition coefficient (Wildman–Crippen LogP) is 6.47. The van der Waals surface area contributed by atoms with Crippen molar-refractivity contribution in [3.8, 4) is 0 Å². The van der Waals surface area contributed by atoms with Crippen molar-refractivity contribution < 1.29 is 9.18 Å². The average molecular weight is 479 g/mol. The lowest BCUT2D eigenvalue weighted by Gasteiger charge is -2.05. The standard InChI is InChI=1S/C21H18Br2FNO/c1-14-6-2-3-7-19(14)25-20(26)8-4-5-11-21(24)13-16(21)15-9-10-17(22)18(23)12-15/h2-12,16H,13H2,1H3,(H,25,26)/b8-4+,11-5+/t16-,21-/m1/s1. The highest BCUT2D eigenvalue weighted by molar-refractivity contribution is 9.13. The second-order valence-corrected chi connectivity index (χ2v) is 8.09. The Bertz CT molecular complexity index is 893. The van der Waals surface area contributed by atoms with Crippen LogP contribution in [-0.2, 0) is 4.79 Å². The van der Waals surface area contributed by atoms with Gasteiger partial charge >= 0.3 is 0 Å². The van der Waals surface area contributed by atoms with Gasteiger partial charge in [-0.05, 0) is 80.6 Å². The van der Waals surface area contributed by atoms with Gasteiger partial charge in [-0.1, -0.05) is 36.4 Å². The first kappa shape index (κ1) is 19.1. The van der Waals surface area contributed by atoms with Crippen molar-refractivity contribution >= 4 is 43.5 Å². The molecule has 1 fully saturated rings. The van der Waals surface area contributed by atoms with Crippen LogP contribution in [0.5, 0.6) is 0 Å². The molecular formula is C21H18Br2FNO. The Morgan fingerprint density at radius 3 is 2.69 bits per heavy atom. The third kappa shape index (κ3) is 4.51. The quantitative estimate of drug-likeness (QED) is 0.387. The molecule has 134 valence electrons. The van der Waals surface area contributed by atoms with Crippen LogP contribution in [0.25, 0.3) is 0 Å². The number of hydrogen-bond acceptors (Lipinski definition) is 1. The highest BCUT2D eigenvalue weighted by Gasteiger charge is 2.54. The maximum absolute atomic E-state index is 14.8. The molecule has 0 bridgehead atoms. The first-order chi connectivity index (χ1) is 12.4. The molecule has 1 N–H and O–H groups in total. The monoisotopic (exact) mass is 477 g/mol. The number of carbonyl (C=O) groups excluding carboxylic acids is 1. The first-order valence-corrected chi connectivity index (χ1v) is 9.84. The summed E-state index contributed by atoms with van der Waals surface area (Å²) in [6.07, 6.45) is 6.57. The van der Waals surface area contributed by atoms with E-state index in [1.54, 1.807) is 12.2 Å². The fourth-order valence-electron chi connectivity index (χ4n) is 2.81. The Labute approximate surface area is 169 Å². The molecule has 3 rings (SSSR count). The number of anilines is 1. The number of para-hydroxylation sites is 1. The van der Waals surface area contributed by atoms with Crippen LogP contribution in [0.1, 0.15) is 23.5 Å². The molecule has 0 heterocycles. The summed E-state index contributed by atoms with van der Waals surface area (Å²) in [5, 5.41) is 2.81. The zero-order valence-corrected chi connectivity index (χ0v) is 17.3. The van der Waals surface area contributed by atoms with Crippen molar-refractivity contribution in [1.29, 1.82) is 0 Å². The summed E-state index contributed by atoms with van der Waals surface area (Å²) in [6, 6.07) is 13.3. The zero-order chi connectivity index (χ0) is 18.7. The molecule has 2 aromatic rings. The second-order valence-electron chi connectivity index (χ2n) is 6.38. The van der Waals surface area contributed by atoms with E-state index in [1.807, 2.05) is 49.4 Å². The van der Waals surface area contributed by atoms with Gasteiger partial charge in [0.15, 0.2) is 0 Å². The van der Waals surface area contributed by atoms with Crippen LogP contribution >= 0.6 is 31.9 Å². The van der Waals surface area contributed by atoms with E-state index in [1.165, 1.54) is 12.2 Å². The number of alkyl halides is 1. The first-order valence-electron chi connectivity index (χ1n) is 8.25. The smallest absolute Gasteiger partial charge is 0.248 e. The van der Waals surface area contributed by atoms with Crippen molar-refractivity contribution in [3.05, 3.63) is 86.8 Å². The molecule has 5 heteroatoms. The summed E-state index contributed by atoms with van der Waals surface area (Å²) in [5.74, 6) is -0.376. The van der Waals surface area contributed by atoms with Gasteiger partial charge in [0.05, 0.1) is 0 Å². The highest BCUT2D eigenvalue weighted by atomic mass is 79.9. The van der Waals surface area contributed by atoms with Crippen LogP contribution in [0.4, 0.5) is 10.1 Å². The molecule has 0 spiro atoms. The lowest BCUT2D eigenvalue weighted by Crippen LogP contribution is -2.08. The molecule has 0 aromatic heterocycles. The largest absolute Gasteiger partial charge is 0.322 e. The van der Waals surface area contributed by atoms with Crippen LogP contribution in [0.2, 0.25) is 0 Å². The predicted molar refractivity (Wildman–Crippen MR) is 111 cm³/mol. The minimum atomic E-state index is -1.34. The summed E-state index contributed by atoms with van der Waals surface area (Å²) in [4.78, 5) is 11.9. The number of hydrogen-bond donors (Lipinski definition) is 1. The molecule has 1 aliphatic carbocycles. The van der Waals surface area contributed by atoms with Gasteiger partial charge in [-0.15, -0.1) is 0 Å². The zero-order valence-electron chi connectivity index (χ0n) is 14.2. The van der Waals surface area contributed by atoms with Crippen molar-refractivity contribution in [2.75, 3.05) is 5.32 Å². The summed E-state index contributed by atoms with van der Waals surface area (Å²) >= 11 is 6.87. The number of rotatable bonds is 5. The second kappa shape index (κ2) is 7.89. The van der Waals surface area contributed by atoms with Gasteiger partial charge in [0.25, 0.3) is 0 Å². The van der Waals surface area contributed by atoms with Crippen LogP contribution < -0.4 is 5.32 Å². The third-order valence-electron chi connectivity index (χ3n) is 4.42. The molecule has 0 unspecified atom stereocenters. The molecule has 0 saturated heterocycles. The number of aryl methyl sites for hydroxylation is 1. The van der Waals surface area contributed by atoms with Gasteiger partial charge in [0, 0.05) is 26.6 Å². The van der Waals surface area contributed by atoms with Gasteiger partial charge in [0.2, 0.25) is 5.91 Å². The lowest BCUT2D eigenvalue weighted by atomic mass is 10.1. The van der Waals surface area contributed by atoms with E-state index in [-0.39, 0.29) is 11.8 Å². The molecule has 0 radical (unpaired) electrons. The molecule has 1 saturated carbocycles. The van der Waals surface area contributed by atoms with Gasteiger partial charge < -0.3 is 5.32 Å². The third-order valence-corrected chi connectivity index (χ3v) is 6.30. The topological polar surface area (TPSA) is 29.1 Å². The van der Waals surface area contributed by atoms with Crippen LogP contribution in [0, 0.1) is 6.92 Å². The fourth-order valence-corrected chi connectivity index (χ4v) is 3.45. The van der Waals surface area contributed by atoms with Crippen molar-refractivity contribution in [2.45, 2.75) is 24.9 Å². The van der Waals surface area contributed by atoms with Gasteiger partial charge in [-0.3, -0.25) is 4.79 Å². The minimum Gasteiger partial charge on any atom is -0.322 e. The number of carbonyl (C=O) groups is 1. The Morgan fingerprint density at radius 2 is 1.96 bits per heavy atom. The number of amides is 1. The molecule has 26 heavy (non-hydrogen) atoms. The molecule has 1 aliphatic rings. The van der Waals surface area contributed by atoms with Crippen molar-refractivity contribution in [1.82, 2.24) is 0 Å². The van der Waals surface area contributed by atoms with Gasteiger partial charge in [0.1, 0.15) is 5.67 Å². The van der Waals surface area contributed by atoms with Gasteiger partial charge in [-0.2, -0.15) is 0 Å². The minimum absolute atomic E-state index is 0.141. The fraction of sp³-hybridized carbons (Fsp3) is 0.190. The van der Waals surface area contributed by atoms with Crippen molar-refractivity contribution in [3.63, 3.8) is 0 Å². The summed E-state index contributed by atoms with van der Waals surface area (Å²) in [7, 11) is 0. The van der Waals surface area contributed by atoms with E-state index in [0.717, 1.165) is 25.8 Å². The number of nitrogens with one attached hydrogen (secondary N) is 1. The summed E-state index contributed by atoms with van der Waals surface area (Å²) in [5.41, 5.74) is 1.39. The Hall–Kier alpha value is -1.72. The van der Waals surface area contributed by atoms with Crippen LogP contribution in [-0.4, -0.2) is 11.6 Å². The van der Waals surface area contributed by atoms with E-state index in [9.17, 15) is 9.18 Å². The van der Waals surface area contributed by atoms with Gasteiger partial charge in [-0.25, -0.2) is 4.39 Å². The highest BCUT2D eigenvalue weighted by Crippen LogP contribution is 2.56. The van der Waals surface area contributed by atoms with E-state index >= 15 is 0 Å². The Kier molecular flexibility index (Phi) is 5.78. The van der Waals surface area contributed by atoms with E-state index in [4.69, 9.17) is 0 Å². The average Bonchev–Trinajstić information content (AvgIpc) is 3.28. The number of allylic oxidation sites excluding steroid dienone is 3. The molecule has 0 aliphatic heterocycles. The maximum atomic E-state index is 14.8. The Balaban J connectivity index is 1.57. The summed E-state index contributed by atoms with van der Waals surface area (Å²) < 4.78 is 16.6. The molecule has 2 aromatic carbocycles. The molecule has 2 atom stereocenters. The Morgan fingerprint density at radius 1 is 1.19 bits per heavy atom. The van der Waals surface area contributed by atoms with E-state index in [2.05, 4.69) is 37.2 Å². The van der Waals surface area contributed by atoms with E-state index in [0.29, 0.717) is 6.42 Å². The summed E-state index contributed by atoms with van der Waals surface area (Å²) in [6.45, 7) is 1.93. The SMILES string of the molecule is Cc1ccccc1NC(=O)/C=C/C=C/[C@@]1(F)C[C@@H]1c1ccc(Br)c(Br)c1. The van der Waals surface area contributed by atoms with Crippen LogP contribution in [0.3, 0.4) is 0 Å². The molecular weight excluding hydrogens is 461 g/mol. The molecule has 2 nitrogen and oxygen atoms in total. The van der Waals surface area contributed by atoms with Crippen molar-refractivity contribution in [2.24, 2.45) is 0 Å². The number of halogens is 3. The normalized spacial score (nSPS) is 22.1. The van der Waals surface area contributed by atoms with Crippen LogP contribution in [0.15, 0.2) is 75.7 Å². The lowest BCUT2D eigenvalue weighted by molar-refractivity contribution is -0.111. The number of benzene rings is 2. The van der Waals surface area contributed by atoms with E-state index < -0.39 is 5.67 Å². The maximum Gasteiger partial charge on any atom is 0.248 e.